The van der Waals surface area contributed by atoms with Gasteiger partial charge in [0.1, 0.15) is 11.9 Å². The van der Waals surface area contributed by atoms with Gasteiger partial charge in [-0.3, -0.25) is 9.36 Å². The first-order valence-corrected chi connectivity index (χ1v) is 10.1. The van der Waals surface area contributed by atoms with Crippen LogP contribution in [0, 0.1) is 17.1 Å². The summed E-state index contributed by atoms with van der Waals surface area (Å²) in [4.78, 5) is 17.4. The van der Waals surface area contributed by atoms with Gasteiger partial charge in [-0.2, -0.15) is 5.26 Å². The summed E-state index contributed by atoms with van der Waals surface area (Å²) >= 11 is 0. The van der Waals surface area contributed by atoms with Gasteiger partial charge in [-0.15, -0.1) is 10.2 Å². The molecule has 1 aliphatic rings. The largest absolute Gasteiger partial charge is 0.361 e. The maximum Gasteiger partial charge on any atom is 0.289 e. The van der Waals surface area contributed by atoms with Gasteiger partial charge < -0.3 is 15.2 Å². The second-order valence-corrected chi connectivity index (χ2v) is 8.11. The molecule has 162 valence electrons. The van der Waals surface area contributed by atoms with Crippen LogP contribution in [-0.2, 0) is 13.0 Å². The van der Waals surface area contributed by atoms with Gasteiger partial charge in [-0.1, -0.05) is 0 Å². The number of fused-ring (bicyclic) bond motifs is 1. The molecule has 4 rings (SSSR count). The predicted molar refractivity (Wildman–Crippen MR) is 111 cm³/mol. The zero-order valence-electron chi connectivity index (χ0n) is 17.3. The lowest BCUT2D eigenvalue weighted by Gasteiger charge is -2.19. The van der Waals surface area contributed by atoms with E-state index in [0.717, 1.165) is 16.5 Å². The minimum absolute atomic E-state index is 0.0611. The second kappa shape index (κ2) is 7.98. The molecule has 0 radical (unpaired) electrons. The Hall–Kier alpha value is -3.48. The average Bonchev–Trinajstić information content (AvgIpc) is 3.42. The molecule has 1 amide bonds. The second-order valence-electron chi connectivity index (χ2n) is 8.11. The summed E-state index contributed by atoms with van der Waals surface area (Å²) in [5, 5.41) is 20.9. The van der Waals surface area contributed by atoms with E-state index in [0.29, 0.717) is 25.5 Å². The van der Waals surface area contributed by atoms with Crippen LogP contribution >= 0.6 is 0 Å². The van der Waals surface area contributed by atoms with Gasteiger partial charge in [0, 0.05) is 42.7 Å². The first kappa shape index (κ1) is 20.8. The predicted octanol–water partition coefficient (Wildman–Crippen LogP) is 2.72. The van der Waals surface area contributed by atoms with Crippen molar-refractivity contribution in [3.05, 3.63) is 41.6 Å². The number of hydrogen-bond donors (Lipinski definition) is 2. The molecular weight excluding hydrogens is 404 g/mol. The summed E-state index contributed by atoms with van der Waals surface area (Å²) < 4.78 is 29.8. The third-order valence-corrected chi connectivity index (χ3v) is 5.39. The molecule has 8 nitrogen and oxygen atoms in total. The lowest BCUT2D eigenvalue weighted by molar-refractivity contribution is 0.0928. The molecule has 1 aliphatic heterocycles. The fourth-order valence-electron chi connectivity index (χ4n) is 3.85. The van der Waals surface area contributed by atoms with Crippen molar-refractivity contribution < 1.29 is 13.6 Å². The zero-order valence-corrected chi connectivity index (χ0v) is 17.3. The topological polar surface area (TPSA) is 103 Å². The summed E-state index contributed by atoms with van der Waals surface area (Å²) in [6.07, 6.45) is 2.34. The first-order chi connectivity index (χ1) is 14.8. The van der Waals surface area contributed by atoms with Crippen LogP contribution in [0.25, 0.3) is 10.9 Å². The molecule has 2 aromatic heterocycles. The Morgan fingerprint density at radius 2 is 2.23 bits per heavy atom. The lowest BCUT2D eigenvalue weighted by Crippen LogP contribution is -2.34. The van der Waals surface area contributed by atoms with Gasteiger partial charge in [-0.05, 0) is 44.0 Å². The Bertz CT molecular complexity index is 1160. The van der Waals surface area contributed by atoms with E-state index in [1.165, 1.54) is 12.1 Å². The molecule has 2 N–H and O–H groups in total. The smallest absolute Gasteiger partial charge is 0.289 e. The number of carbonyl (C=O) groups excluding carboxylic acids is 1. The van der Waals surface area contributed by atoms with Gasteiger partial charge in [0.15, 0.2) is 0 Å². The fourth-order valence-corrected chi connectivity index (χ4v) is 3.85. The Labute approximate surface area is 177 Å². The summed E-state index contributed by atoms with van der Waals surface area (Å²) in [7, 11) is 0. The number of aromatic nitrogens is 4. The molecule has 3 heterocycles. The number of hydrogen-bond acceptors (Lipinski definition) is 5. The number of benzene rings is 1. The van der Waals surface area contributed by atoms with Crippen molar-refractivity contribution in [1.29, 1.82) is 5.26 Å². The number of H-pyrrole nitrogens is 1. The third kappa shape index (κ3) is 4.08. The van der Waals surface area contributed by atoms with Gasteiger partial charge in [-0.25, -0.2) is 8.78 Å². The minimum atomic E-state index is -1.95. The number of nitrogens with zero attached hydrogens (tertiary/aromatic N) is 5. The molecule has 0 spiro atoms. The fraction of sp³-hybridized carbons (Fsp3) is 0.429. The standard InChI is InChI=1S/C21H23F2N7O/c1-13(2)26-19(31)18-27-28-20(29-8-6-21(23,11-24)12-29)30(18)7-5-14-10-25-17-4-3-15(22)9-16(14)17/h3-4,9-10,13,25H,5-8,12H2,1-2H3,(H,26,31). The minimum Gasteiger partial charge on any atom is -0.361 e. The number of aryl methyl sites for hydroxylation is 1. The summed E-state index contributed by atoms with van der Waals surface area (Å²) in [5.74, 6) is -0.259. The third-order valence-electron chi connectivity index (χ3n) is 5.39. The number of alkyl halides is 1. The zero-order chi connectivity index (χ0) is 22.2. The molecule has 0 aliphatic carbocycles. The van der Waals surface area contributed by atoms with Crippen molar-refractivity contribution in [2.24, 2.45) is 0 Å². The van der Waals surface area contributed by atoms with Crippen LogP contribution < -0.4 is 10.2 Å². The molecule has 1 saturated heterocycles. The molecule has 1 fully saturated rings. The summed E-state index contributed by atoms with van der Waals surface area (Å²) in [5.41, 5.74) is -0.262. The van der Waals surface area contributed by atoms with Crippen molar-refractivity contribution in [3.8, 4) is 6.07 Å². The van der Waals surface area contributed by atoms with E-state index in [9.17, 15) is 13.6 Å². The number of nitrogens with one attached hydrogen (secondary N) is 2. The van der Waals surface area contributed by atoms with Crippen LogP contribution in [0.15, 0.2) is 24.4 Å². The average molecular weight is 427 g/mol. The van der Waals surface area contributed by atoms with Crippen LogP contribution in [0.1, 0.15) is 36.5 Å². The van der Waals surface area contributed by atoms with Gasteiger partial charge in [0.2, 0.25) is 17.4 Å². The number of carbonyl (C=O) groups is 1. The van der Waals surface area contributed by atoms with E-state index in [2.05, 4.69) is 20.5 Å². The van der Waals surface area contributed by atoms with Crippen LogP contribution in [0.2, 0.25) is 0 Å². The highest BCUT2D eigenvalue weighted by Gasteiger charge is 2.40. The molecule has 0 saturated carbocycles. The van der Waals surface area contributed by atoms with Gasteiger partial charge in [0.05, 0.1) is 6.54 Å². The molecular formula is C21H23F2N7O. The van der Waals surface area contributed by atoms with Crippen molar-refractivity contribution >= 4 is 22.8 Å². The van der Waals surface area contributed by atoms with Crippen LogP contribution in [0.4, 0.5) is 14.7 Å². The van der Waals surface area contributed by atoms with Gasteiger partial charge >= 0.3 is 0 Å². The first-order valence-electron chi connectivity index (χ1n) is 10.1. The molecule has 31 heavy (non-hydrogen) atoms. The molecule has 1 unspecified atom stereocenters. The monoisotopic (exact) mass is 427 g/mol. The maximum atomic E-state index is 14.5. The van der Waals surface area contributed by atoms with E-state index in [1.807, 2.05) is 13.8 Å². The van der Waals surface area contributed by atoms with E-state index >= 15 is 0 Å². The summed E-state index contributed by atoms with van der Waals surface area (Å²) in [6, 6.07) is 6.14. The molecule has 1 aromatic carbocycles. The number of nitriles is 1. The maximum absolute atomic E-state index is 14.5. The molecule has 3 aromatic rings. The van der Waals surface area contributed by atoms with Crippen molar-refractivity contribution in [3.63, 3.8) is 0 Å². The highest BCUT2D eigenvalue weighted by atomic mass is 19.1. The van der Waals surface area contributed by atoms with Crippen molar-refractivity contribution in [2.45, 2.75) is 44.9 Å². The van der Waals surface area contributed by atoms with E-state index in [1.54, 1.807) is 27.8 Å². The number of amides is 1. The Balaban J connectivity index is 1.65. The number of halogens is 2. The van der Waals surface area contributed by atoms with Crippen molar-refractivity contribution in [1.82, 2.24) is 25.1 Å². The van der Waals surface area contributed by atoms with Crippen molar-refractivity contribution in [2.75, 3.05) is 18.0 Å². The number of anilines is 1. The number of rotatable bonds is 6. The van der Waals surface area contributed by atoms with E-state index < -0.39 is 5.67 Å². The van der Waals surface area contributed by atoms with Crippen LogP contribution in [-0.4, -0.2) is 50.5 Å². The molecule has 0 bridgehead atoms. The Kier molecular flexibility index (Phi) is 5.35. The summed E-state index contributed by atoms with van der Waals surface area (Å²) in [6.45, 7) is 4.17. The highest BCUT2D eigenvalue weighted by Crippen LogP contribution is 2.29. The highest BCUT2D eigenvalue weighted by molar-refractivity contribution is 5.91. The lowest BCUT2D eigenvalue weighted by atomic mass is 10.1. The van der Waals surface area contributed by atoms with Crippen LogP contribution in [0.3, 0.4) is 0 Å². The molecule has 10 heteroatoms. The normalized spacial score (nSPS) is 18.6. The van der Waals surface area contributed by atoms with Crippen LogP contribution in [0.5, 0.6) is 0 Å². The quantitative estimate of drug-likeness (QED) is 0.630. The van der Waals surface area contributed by atoms with E-state index in [-0.39, 0.29) is 36.6 Å². The van der Waals surface area contributed by atoms with Gasteiger partial charge in [0.25, 0.3) is 5.91 Å². The van der Waals surface area contributed by atoms with E-state index in [4.69, 9.17) is 5.26 Å². The number of aromatic amines is 1. The SMILES string of the molecule is CC(C)NC(=O)c1nnc(N2CCC(F)(C#N)C2)n1CCc1c[nH]c2ccc(F)cc12. The Morgan fingerprint density at radius 1 is 1.42 bits per heavy atom. The molecule has 1 atom stereocenters. The Morgan fingerprint density at radius 3 is 2.94 bits per heavy atom.